The standard InChI is InChI=1S/C29H37.C7H12.C5H5.2ClH.Zr/c1-18-25-22-17-19-13-9-10-14-20(19)24(22)21-15-11-12-16-23(21)29(25,8)28(6,7)27(4,5)26(18,2)3;1-2-4-6-7-5-3-1;1-2-4-5-3-1;;;/h9-11,13-15,23H,12,16-17H2,1-8H3;1-6H2;1-5H;2*1H;/q-1;;-1;;;+2/p-2. The van der Waals surface area contributed by atoms with Crippen LogP contribution >= 0.6 is 0 Å². The summed E-state index contributed by atoms with van der Waals surface area (Å²) in [5, 5.41) is 0. The Morgan fingerprint density at radius 2 is 1.43 bits per heavy atom. The molecule has 0 bridgehead atoms. The molecule has 2 unspecified atom stereocenters. The summed E-state index contributed by atoms with van der Waals surface area (Å²) in [5.74, 6) is 2.24. The predicted molar refractivity (Wildman–Crippen MR) is 179 cm³/mol. The molecule has 0 aromatic heterocycles. The van der Waals surface area contributed by atoms with E-state index in [0.29, 0.717) is 5.92 Å². The summed E-state index contributed by atoms with van der Waals surface area (Å²) in [6.45, 7) is 20.3. The third-order valence-corrected chi connectivity index (χ3v) is 14.3. The van der Waals surface area contributed by atoms with Crippen LogP contribution in [0.5, 0.6) is 0 Å². The monoisotopic (exact) mass is 706 g/mol. The summed E-state index contributed by atoms with van der Waals surface area (Å²) >= 11 is 1.69. The van der Waals surface area contributed by atoms with Crippen molar-refractivity contribution in [1.29, 1.82) is 0 Å². The van der Waals surface area contributed by atoms with Gasteiger partial charge in [0.15, 0.2) is 0 Å². The van der Waals surface area contributed by atoms with Gasteiger partial charge in [-0.25, -0.2) is 18.1 Å². The second kappa shape index (κ2) is 14.4. The Labute approximate surface area is 297 Å². The van der Waals surface area contributed by atoms with Gasteiger partial charge in [0, 0.05) is 0 Å². The molecule has 0 amide bonds. The third-order valence-electron chi connectivity index (χ3n) is 13.1. The molecule has 0 N–H and O–H groups in total. The van der Waals surface area contributed by atoms with Gasteiger partial charge in [-0.1, -0.05) is 113 Å². The molecule has 2 fully saturated rings. The van der Waals surface area contributed by atoms with Crippen LogP contribution in [0.2, 0.25) is 0 Å². The summed E-state index contributed by atoms with van der Waals surface area (Å²) in [4.78, 5) is 0. The maximum atomic E-state index is 2.62. The van der Waals surface area contributed by atoms with Gasteiger partial charge in [-0.3, -0.25) is 0 Å². The molecule has 3 heteroatoms. The topological polar surface area (TPSA) is 0 Å². The van der Waals surface area contributed by atoms with Gasteiger partial charge in [-0.15, -0.1) is 6.92 Å². The van der Waals surface area contributed by atoms with Crippen molar-refractivity contribution in [1.82, 2.24) is 0 Å². The maximum absolute atomic E-state index is 2.62. The summed E-state index contributed by atoms with van der Waals surface area (Å²) in [6, 6.07) is 19.2. The Balaban J connectivity index is 0.000000293. The first-order valence-corrected chi connectivity index (χ1v) is 17.9. The second-order valence-electron chi connectivity index (χ2n) is 15.2. The number of halogens is 2. The normalized spacial score (nSPS) is 27.0. The van der Waals surface area contributed by atoms with Crippen LogP contribution in [0.3, 0.4) is 0 Å². The number of hydrogen-bond donors (Lipinski definition) is 0. The summed E-state index contributed by atoms with van der Waals surface area (Å²) in [7, 11) is 0. The van der Waals surface area contributed by atoms with E-state index in [-0.39, 0.29) is 46.5 Å². The minimum Gasteiger partial charge on any atom is -0.214 e. The maximum Gasteiger partial charge on any atom is -0.172 e. The Morgan fingerprint density at radius 1 is 0.818 bits per heavy atom. The quantitative estimate of drug-likeness (QED) is 0.253. The molecule has 0 aliphatic heterocycles. The van der Waals surface area contributed by atoms with Gasteiger partial charge in [0.1, 0.15) is 0 Å². The summed E-state index contributed by atoms with van der Waals surface area (Å²) in [5.41, 5.74) is 10.3. The Kier molecular flexibility index (Phi) is 12.3. The van der Waals surface area contributed by atoms with Crippen LogP contribution in [0, 0.1) is 33.5 Å². The molecule has 0 radical (unpaired) electrons. The van der Waals surface area contributed by atoms with Gasteiger partial charge in [0.2, 0.25) is 0 Å². The van der Waals surface area contributed by atoms with Gasteiger partial charge in [-0.05, 0) is 40.6 Å². The molecule has 0 saturated heterocycles. The Hall–Kier alpha value is -1.01. The first-order valence-electron chi connectivity index (χ1n) is 16.7. The van der Waals surface area contributed by atoms with Crippen LogP contribution in [0.1, 0.15) is 118 Å². The van der Waals surface area contributed by atoms with E-state index in [9.17, 15) is 0 Å². The summed E-state index contributed by atoms with van der Waals surface area (Å²) < 4.78 is 1.81. The SMILES string of the molecule is C[C-]1C2=C3Cc4ccccc4C3=C3C=CCCC3C2(C)C(C)(C)C(C)(C)C1(C)C.[Cl-].[Cl-].[Zr+2]=[C]1CCCCCC1.c1cc[cH-]c1. The smallest absolute Gasteiger partial charge is 0.172 e. The fourth-order valence-electron chi connectivity index (χ4n) is 9.04. The Bertz CT molecular complexity index is 1360. The van der Waals surface area contributed by atoms with Crippen LogP contribution in [0.4, 0.5) is 0 Å². The zero-order valence-corrected chi connectivity index (χ0v) is 32.5. The fourth-order valence-corrected chi connectivity index (χ4v) is 9.91. The molecule has 0 spiro atoms. The average molecular weight is 709 g/mol. The van der Waals surface area contributed by atoms with Crippen LogP contribution in [-0.4, -0.2) is 3.21 Å². The van der Waals surface area contributed by atoms with Crippen LogP contribution in [0.25, 0.3) is 5.57 Å². The minimum atomic E-state index is 0. The van der Waals surface area contributed by atoms with E-state index in [4.69, 9.17) is 0 Å². The molecule has 238 valence electrons. The summed E-state index contributed by atoms with van der Waals surface area (Å²) in [6.07, 6.45) is 17.3. The van der Waals surface area contributed by atoms with Crippen molar-refractivity contribution in [2.75, 3.05) is 0 Å². The molecular weight excluding hydrogens is 655 g/mol. The van der Waals surface area contributed by atoms with E-state index in [1.807, 2.05) is 33.5 Å². The largest absolute Gasteiger partial charge is 0.214 e. The van der Waals surface area contributed by atoms with E-state index in [1.165, 1.54) is 62.5 Å². The predicted octanol–water partition coefficient (Wildman–Crippen LogP) is 5.44. The Morgan fingerprint density at radius 3 is 2.02 bits per heavy atom. The molecule has 0 nitrogen and oxygen atoms in total. The van der Waals surface area contributed by atoms with Crippen molar-refractivity contribution >= 4 is 8.78 Å². The minimum absolute atomic E-state index is 0. The van der Waals surface area contributed by atoms with Crippen molar-refractivity contribution in [2.24, 2.45) is 27.6 Å². The van der Waals surface area contributed by atoms with Gasteiger partial charge in [0.05, 0.1) is 0 Å². The average Bonchev–Trinajstić information content (AvgIpc) is 3.61. The zero-order valence-electron chi connectivity index (χ0n) is 28.5. The van der Waals surface area contributed by atoms with Gasteiger partial charge < -0.3 is 24.8 Å². The zero-order chi connectivity index (χ0) is 30.3. The number of benzene rings is 1. The molecule has 44 heavy (non-hydrogen) atoms. The number of rotatable bonds is 0. The third kappa shape index (κ3) is 6.06. The molecular formula is C41H54Cl2Zr-2. The van der Waals surface area contributed by atoms with Gasteiger partial charge in [-0.2, -0.15) is 29.3 Å². The van der Waals surface area contributed by atoms with Gasteiger partial charge in [0.25, 0.3) is 0 Å². The first kappa shape index (κ1) is 37.5. The second-order valence-corrected chi connectivity index (χ2v) is 17.0. The molecule has 5 aliphatic carbocycles. The number of fused-ring (bicyclic) bond motifs is 6. The van der Waals surface area contributed by atoms with E-state index in [2.05, 4.69) is 91.8 Å². The van der Waals surface area contributed by atoms with Gasteiger partial charge >= 0.3 is 66.0 Å². The van der Waals surface area contributed by atoms with Crippen molar-refractivity contribution in [2.45, 2.75) is 113 Å². The molecule has 0 heterocycles. The van der Waals surface area contributed by atoms with E-state index in [1.54, 1.807) is 52.4 Å². The van der Waals surface area contributed by atoms with Crippen LogP contribution in [0.15, 0.2) is 83.5 Å². The fraction of sp³-hybridized carbons (Fsp3) is 0.537. The van der Waals surface area contributed by atoms with Crippen molar-refractivity contribution in [3.05, 3.63) is 101 Å². The molecule has 5 aliphatic rings. The number of allylic oxidation sites excluding steroid dienone is 6. The molecule has 2 aromatic rings. The molecule has 7 rings (SSSR count). The van der Waals surface area contributed by atoms with Crippen molar-refractivity contribution in [3.8, 4) is 0 Å². The number of hydrogen-bond acceptors (Lipinski definition) is 0. The molecule has 2 saturated carbocycles. The first-order chi connectivity index (χ1) is 19.9. The van der Waals surface area contributed by atoms with E-state index < -0.39 is 0 Å². The van der Waals surface area contributed by atoms with E-state index in [0.717, 1.165) is 6.42 Å². The van der Waals surface area contributed by atoms with Crippen molar-refractivity contribution < 1.29 is 49.0 Å². The van der Waals surface area contributed by atoms with Crippen LogP contribution < -0.4 is 24.8 Å². The molecule has 2 atom stereocenters. The molecule has 2 aromatic carbocycles. The van der Waals surface area contributed by atoms with Crippen molar-refractivity contribution in [3.63, 3.8) is 0 Å². The van der Waals surface area contributed by atoms with E-state index >= 15 is 0 Å². The van der Waals surface area contributed by atoms with Crippen LogP contribution in [-0.2, 0) is 30.7 Å².